The number of ether oxygens (including phenoxy) is 2. The van der Waals surface area contributed by atoms with E-state index in [0.29, 0.717) is 11.4 Å². The Kier molecular flexibility index (Phi) is 3.97. The minimum Gasteiger partial charge on any atom is -0.497 e. The Hall–Kier alpha value is -2.14. The number of methoxy groups -OCH3 is 1. The predicted molar refractivity (Wildman–Crippen MR) is 70.3 cm³/mol. The molecule has 2 atom stereocenters. The second-order valence-electron chi connectivity index (χ2n) is 4.08. The van der Waals surface area contributed by atoms with Crippen LogP contribution in [-0.2, 0) is 14.3 Å². The summed E-state index contributed by atoms with van der Waals surface area (Å²) < 4.78 is 10.3. The molecule has 100 valence electrons. The van der Waals surface area contributed by atoms with E-state index >= 15 is 0 Å². The van der Waals surface area contributed by atoms with Crippen molar-refractivity contribution in [2.75, 3.05) is 18.6 Å². The standard InChI is InChI=1S/C14H15NO4/c1-3-8-19-13-12(9-16)15(14(13)17)10-4-6-11(18-2)7-5-10/h3-7,9,12-13H,1,8H2,2H3/t12-,13?/m0/s1. The quantitative estimate of drug-likeness (QED) is 0.438. The molecule has 0 saturated carbocycles. The fourth-order valence-electron chi connectivity index (χ4n) is 2.00. The number of aldehydes is 1. The zero-order valence-electron chi connectivity index (χ0n) is 10.6. The fraction of sp³-hybridized carbons (Fsp3) is 0.286. The third kappa shape index (κ3) is 2.37. The third-order valence-electron chi connectivity index (χ3n) is 2.97. The molecule has 1 unspecified atom stereocenters. The molecule has 0 N–H and O–H groups in total. The first-order chi connectivity index (χ1) is 9.22. The van der Waals surface area contributed by atoms with E-state index in [4.69, 9.17) is 9.47 Å². The normalized spacial score (nSPS) is 21.7. The molecule has 19 heavy (non-hydrogen) atoms. The van der Waals surface area contributed by atoms with Gasteiger partial charge in [-0.15, -0.1) is 6.58 Å². The fourth-order valence-corrected chi connectivity index (χ4v) is 2.00. The minimum absolute atomic E-state index is 0.218. The van der Waals surface area contributed by atoms with Gasteiger partial charge in [0.25, 0.3) is 5.91 Å². The summed E-state index contributed by atoms with van der Waals surface area (Å²) >= 11 is 0. The number of β-lactam (4-membered cyclic amide) rings is 1. The van der Waals surface area contributed by atoms with Gasteiger partial charge in [0, 0.05) is 5.69 Å². The molecule has 2 rings (SSSR count). The van der Waals surface area contributed by atoms with Crippen molar-refractivity contribution >= 4 is 17.9 Å². The van der Waals surface area contributed by atoms with Crippen molar-refractivity contribution in [3.05, 3.63) is 36.9 Å². The van der Waals surface area contributed by atoms with Crippen LogP contribution < -0.4 is 9.64 Å². The number of nitrogens with zero attached hydrogens (tertiary/aromatic N) is 1. The largest absolute Gasteiger partial charge is 0.497 e. The van der Waals surface area contributed by atoms with Crippen LogP contribution in [0.15, 0.2) is 36.9 Å². The van der Waals surface area contributed by atoms with Gasteiger partial charge in [-0.2, -0.15) is 0 Å². The Bertz CT molecular complexity index is 483. The molecule has 1 saturated heterocycles. The molecule has 1 aliphatic heterocycles. The van der Waals surface area contributed by atoms with Crippen molar-refractivity contribution in [2.24, 2.45) is 0 Å². The van der Waals surface area contributed by atoms with Crippen molar-refractivity contribution < 1.29 is 19.1 Å². The molecule has 1 aromatic rings. The summed E-state index contributed by atoms with van der Waals surface area (Å²) in [5.74, 6) is 0.475. The molecule has 1 heterocycles. The van der Waals surface area contributed by atoms with Gasteiger partial charge in [-0.25, -0.2) is 0 Å². The molecular formula is C14H15NO4. The predicted octanol–water partition coefficient (Wildman–Crippen LogP) is 1.18. The number of anilines is 1. The molecule has 1 amide bonds. The van der Waals surface area contributed by atoms with Crippen molar-refractivity contribution in [1.29, 1.82) is 0 Å². The van der Waals surface area contributed by atoms with Crippen LogP contribution in [0.2, 0.25) is 0 Å². The molecule has 0 aliphatic carbocycles. The van der Waals surface area contributed by atoms with Gasteiger partial charge < -0.3 is 14.3 Å². The highest BCUT2D eigenvalue weighted by Crippen LogP contribution is 2.30. The van der Waals surface area contributed by atoms with Crippen molar-refractivity contribution in [3.8, 4) is 5.75 Å². The number of hydrogen-bond donors (Lipinski definition) is 0. The Morgan fingerprint density at radius 2 is 2.05 bits per heavy atom. The Labute approximate surface area is 111 Å². The van der Waals surface area contributed by atoms with Crippen LogP contribution in [-0.4, -0.2) is 38.1 Å². The monoisotopic (exact) mass is 261 g/mol. The smallest absolute Gasteiger partial charge is 0.259 e. The summed E-state index contributed by atoms with van der Waals surface area (Å²) in [6.07, 6.45) is 1.56. The molecular weight excluding hydrogens is 246 g/mol. The van der Waals surface area contributed by atoms with Gasteiger partial charge in [0.05, 0.1) is 13.7 Å². The summed E-state index contributed by atoms with van der Waals surface area (Å²) in [5, 5.41) is 0. The average molecular weight is 261 g/mol. The third-order valence-corrected chi connectivity index (χ3v) is 2.97. The molecule has 1 aliphatic rings. The first kappa shape index (κ1) is 13.3. The number of amides is 1. The van der Waals surface area contributed by atoms with E-state index in [1.165, 1.54) is 4.90 Å². The summed E-state index contributed by atoms with van der Waals surface area (Å²) in [6, 6.07) is 6.36. The minimum atomic E-state index is -0.711. The van der Waals surface area contributed by atoms with Crippen LogP contribution in [0.4, 0.5) is 5.69 Å². The highest BCUT2D eigenvalue weighted by molar-refractivity contribution is 6.10. The molecule has 1 aromatic carbocycles. The van der Waals surface area contributed by atoms with Crippen LogP contribution >= 0.6 is 0 Å². The molecule has 0 spiro atoms. The van der Waals surface area contributed by atoms with Gasteiger partial charge in [0.2, 0.25) is 0 Å². The van der Waals surface area contributed by atoms with Crippen molar-refractivity contribution in [2.45, 2.75) is 12.1 Å². The second kappa shape index (κ2) is 5.67. The van der Waals surface area contributed by atoms with Crippen molar-refractivity contribution in [1.82, 2.24) is 0 Å². The van der Waals surface area contributed by atoms with Crippen LogP contribution in [0.1, 0.15) is 0 Å². The highest BCUT2D eigenvalue weighted by Gasteiger charge is 2.48. The number of carbonyl (C=O) groups is 2. The number of rotatable bonds is 6. The molecule has 0 bridgehead atoms. The Morgan fingerprint density at radius 3 is 2.58 bits per heavy atom. The maximum atomic E-state index is 12.0. The second-order valence-corrected chi connectivity index (χ2v) is 4.08. The van der Waals surface area contributed by atoms with Gasteiger partial charge in [-0.3, -0.25) is 9.69 Å². The summed E-state index contributed by atoms with van der Waals surface area (Å²) in [5.41, 5.74) is 0.654. The lowest BCUT2D eigenvalue weighted by Crippen LogP contribution is -2.67. The van der Waals surface area contributed by atoms with E-state index in [1.807, 2.05) is 0 Å². The van der Waals surface area contributed by atoms with Gasteiger partial charge >= 0.3 is 0 Å². The zero-order chi connectivity index (χ0) is 13.8. The van der Waals surface area contributed by atoms with E-state index in [9.17, 15) is 9.59 Å². The Morgan fingerprint density at radius 1 is 1.37 bits per heavy atom. The average Bonchev–Trinajstić information content (AvgIpc) is 2.45. The number of hydrogen-bond acceptors (Lipinski definition) is 4. The molecule has 0 radical (unpaired) electrons. The van der Waals surface area contributed by atoms with Gasteiger partial charge in [-0.1, -0.05) is 6.08 Å². The Balaban J connectivity index is 2.13. The molecule has 1 fully saturated rings. The van der Waals surface area contributed by atoms with Crippen LogP contribution in [0, 0.1) is 0 Å². The van der Waals surface area contributed by atoms with Gasteiger partial charge in [0.1, 0.15) is 18.1 Å². The highest BCUT2D eigenvalue weighted by atomic mass is 16.5. The SMILES string of the molecule is C=CCOC1C(=O)N(c2ccc(OC)cc2)[C@H]1C=O. The summed E-state index contributed by atoms with van der Waals surface area (Å²) in [6.45, 7) is 3.76. The van der Waals surface area contributed by atoms with E-state index in [0.717, 1.165) is 6.29 Å². The van der Waals surface area contributed by atoms with Gasteiger partial charge in [-0.05, 0) is 24.3 Å². The van der Waals surface area contributed by atoms with Crippen LogP contribution in [0.3, 0.4) is 0 Å². The van der Waals surface area contributed by atoms with Crippen LogP contribution in [0.5, 0.6) is 5.75 Å². The maximum Gasteiger partial charge on any atom is 0.259 e. The molecule has 5 nitrogen and oxygen atoms in total. The first-order valence-electron chi connectivity index (χ1n) is 5.88. The van der Waals surface area contributed by atoms with Crippen molar-refractivity contribution in [3.63, 3.8) is 0 Å². The van der Waals surface area contributed by atoms with Crippen LogP contribution in [0.25, 0.3) is 0 Å². The molecule has 0 aromatic heterocycles. The summed E-state index contributed by atoms with van der Waals surface area (Å²) in [4.78, 5) is 24.5. The maximum absolute atomic E-state index is 12.0. The van der Waals surface area contributed by atoms with E-state index in [2.05, 4.69) is 6.58 Å². The van der Waals surface area contributed by atoms with E-state index < -0.39 is 12.1 Å². The lowest BCUT2D eigenvalue weighted by molar-refractivity contribution is -0.144. The topological polar surface area (TPSA) is 55.8 Å². The number of benzene rings is 1. The lowest BCUT2D eigenvalue weighted by atomic mass is 9.98. The van der Waals surface area contributed by atoms with E-state index in [-0.39, 0.29) is 12.5 Å². The molecule has 5 heteroatoms. The number of carbonyl (C=O) groups excluding carboxylic acids is 2. The summed E-state index contributed by atoms with van der Waals surface area (Å²) in [7, 11) is 1.57. The van der Waals surface area contributed by atoms with E-state index in [1.54, 1.807) is 37.5 Å². The zero-order valence-corrected chi connectivity index (χ0v) is 10.6. The lowest BCUT2D eigenvalue weighted by Gasteiger charge is -2.43. The first-order valence-corrected chi connectivity index (χ1v) is 5.88. The van der Waals surface area contributed by atoms with Gasteiger partial charge in [0.15, 0.2) is 6.10 Å².